The Hall–Kier alpha value is -0.890. The monoisotopic (exact) mass is 349 g/mol. The van der Waals surface area contributed by atoms with Gasteiger partial charge >= 0.3 is 5.97 Å². The van der Waals surface area contributed by atoms with Crippen molar-refractivity contribution in [1.29, 1.82) is 0 Å². The number of aliphatic carboxylic acids is 1. The fourth-order valence-electron chi connectivity index (χ4n) is 2.91. The van der Waals surface area contributed by atoms with Gasteiger partial charge in [-0.3, -0.25) is 9.69 Å². The molecule has 1 saturated heterocycles. The Balaban J connectivity index is 2.21. The SMILES string of the molecule is O=C(O)C1=C(CBr)C(C2CC2)S(=O)(=O)[C@@H]2CC(=O)N12. The maximum absolute atomic E-state index is 12.5. The van der Waals surface area contributed by atoms with Crippen molar-refractivity contribution in [2.45, 2.75) is 29.9 Å². The molecule has 1 N–H and O–H groups in total. The summed E-state index contributed by atoms with van der Waals surface area (Å²) in [7, 11) is -3.51. The van der Waals surface area contributed by atoms with Gasteiger partial charge in [0.2, 0.25) is 5.91 Å². The molecule has 0 aromatic heterocycles. The number of sulfone groups is 1. The summed E-state index contributed by atoms with van der Waals surface area (Å²) in [6, 6.07) is 0. The molecule has 3 aliphatic rings. The lowest BCUT2D eigenvalue weighted by molar-refractivity contribution is -0.146. The second-order valence-electron chi connectivity index (χ2n) is 5.08. The number of halogens is 1. The molecule has 0 aromatic carbocycles. The van der Waals surface area contributed by atoms with Crippen molar-refractivity contribution < 1.29 is 23.1 Å². The van der Waals surface area contributed by atoms with Gasteiger partial charge < -0.3 is 5.11 Å². The van der Waals surface area contributed by atoms with Crippen LogP contribution in [-0.4, -0.2) is 46.3 Å². The zero-order chi connectivity index (χ0) is 13.9. The van der Waals surface area contributed by atoms with E-state index in [1.54, 1.807) is 0 Å². The largest absolute Gasteiger partial charge is 0.477 e. The normalized spacial score (nSPS) is 32.9. The molecule has 2 fully saturated rings. The molecule has 6 nitrogen and oxygen atoms in total. The van der Waals surface area contributed by atoms with Crippen molar-refractivity contribution in [2.24, 2.45) is 5.92 Å². The summed E-state index contributed by atoms with van der Waals surface area (Å²) < 4.78 is 25.0. The van der Waals surface area contributed by atoms with E-state index in [4.69, 9.17) is 0 Å². The first-order valence-electron chi connectivity index (χ1n) is 5.96. The molecular formula is C11H12BrNO5S. The fourth-order valence-corrected chi connectivity index (χ4v) is 6.37. The number of hydrogen-bond donors (Lipinski definition) is 1. The number of rotatable bonds is 3. The van der Waals surface area contributed by atoms with Gasteiger partial charge in [0, 0.05) is 5.33 Å². The van der Waals surface area contributed by atoms with Gasteiger partial charge in [0.1, 0.15) is 11.1 Å². The second-order valence-corrected chi connectivity index (χ2v) is 7.87. The molecule has 0 aromatic rings. The minimum absolute atomic E-state index is 0.00440. The fraction of sp³-hybridized carbons (Fsp3) is 0.636. The van der Waals surface area contributed by atoms with Crippen molar-refractivity contribution in [2.75, 3.05) is 5.33 Å². The predicted molar refractivity (Wildman–Crippen MR) is 69.1 cm³/mol. The van der Waals surface area contributed by atoms with E-state index in [2.05, 4.69) is 15.9 Å². The molecule has 2 aliphatic heterocycles. The molecule has 0 bridgehead atoms. The van der Waals surface area contributed by atoms with E-state index in [1.807, 2.05) is 0 Å². The average Bonchev–Trinajstić information content (AvgIpc) is 3.12. The van der Waals surface area contributed by atoms with Gasteiger partial charge in [-0.05, 0) is 24.3 Å². The third kappa shape index (κ3) is 1.69. The number of β-lactam (4-membered cyclic amide) rings is 1. The summed E-state index contributed by atoms with van der Waals surface area (Å²) in [4.78, 5) is 23.9. The molecule has 0 radical (unpaired) electrons. The number of hydrogen-bond acceptors (Lipinski definition) is 4. The number of carboxylic acids is 1. The Labute approximate surface area is 118 Å². The summed E-state index contributed by atoms with van der Waals surface area (Å²) in [5.41, 5.74) is 0.184. The van der Waals surface area contributed by atoms with Crippen LogP contribution < -0.4 is 0 Å². The number of amides is 1. The van der Waals surface area contributed by atoms with Crippen LogP contribution in [0, 0.1) is 5.92 Å². The molecular weight excluding hydrogens is 338 g/mol. The van der Waals surface area contributed by atoms with Crippen LogP contribution in [0.5, 0.6) is 0 Å². The van der Waals surface area contributed by atoms with Gasteiger partial charge in [-0.2, -0.15) is 0 Å². The van der Waals surface area contributed by atoms with Gasteiger partial charge in [0.25, 0.3) is 0 Å². The Bertz CT molecular complexity index is 607. The minimum atomic E-state index is -3.51. The van der Waals surface area contributed by atoms with Gasteiger partial charge in [-0.1, -0.05) is 15.9 Å². The molecule has 0 spiro atoms. The highest BCUT2D eigenvalue weighted by molar-refractivity contribution is 9.09. The number of carbonyl (C=O) groups is 2. The van der Waals surface area contributed by atoms with E-state index in [1.165, 1.54) is 0 Å². The molecule has 8 heteroatoms. The molecule has 19 heavy (non-hydrogen) atoms. The summed E-state index contributed by atoms with van der Waals surface area (Å²) in [6.07, 6.45) is 1.50. The summed E-state index contributed by atoms with van der Waals surface area (Å²) in [5.74, 6) is -1.66. The molecule has 2 atom stereocenters. The van der Waals surface area contributed by atoms with Crippen molar-refractivity contribution in [3.63, 3.8) is 0 Å². The molecule has 1 aliphatic carbocycles. The van der Waals surface area contributed by atoms with Crippen LogP contribution in [0.2, 0.25) is 0 Å². The zero-order valence-corrected chi connectivity index (χ0v) is 12.3. The second kappa shape index (κ2) is 4.05. The van der Waals surface area contributed by atoms with Crippen LogP contribution in [0.25, 0.3) is 0 Å². The Kier molecular flexibility index (Phi) is 2.79. The van der Waals surface area contributed by atoms with Gasteiger partial charge in [0.15, 0.2) is 9.84 Å². The maximum Gasteiger partial charge on any atom is 0.352 e. The molecule has 2 heterocycles. The van der Waals surface area contributed by atoms with Crippen LogP contribution in [0.4, 0.5) is 0 Å². The molecule has 3 rings (SSSR count). The topological polar surface area (TPSA) is 91.7 Å². The van der Waals surface area contributed by atoms with E-state index in [0.29, 0.717) is 5.57 Å². The van der Waals surface area contributed by atoms with Crippen LogP contribution in [0.1, 0.15) is 19.3 Å². The van der Waals surface area contributed by atoms with Crippen LogP contribution in [0.3, 0.4) is 0 Å². The van der Waals surface area contributed by atoms with Crippen LogP contribution in [0.15, 0.2) is 11.3 Å². The van der Waals surface area contributed by atoms with Gasteiger partial charge in [-0.25, -0.2) is 13.2 Å². The Morgan fingerprint density at radius 1 is 1.42 bits per heavy atom. The van der Waals surface area contributed by atoms with Crippen LogP contribution >= 0.6 is 15.9 Å². The Morgan fingerprint density at radius 3 is 2.47 bits per heavy atom. The van der Waals surface area contributed by atoms with E-state index in [0.717, 1.165) is 17.7 Å². The van der Waals surface area contributed by atoms with Crippen molar-refractivity contribution in [3.8, 4) is 0 Å². The lowest BCUT2D eigenvalue weighted by Crippen LogP contribution is -2.63. The van der Waals surface area contributed by atoms with Crippen molar-refractivity contribution in [1.82, 2.24) is 4.90 Å². The highest BCUT2D eigenvalue weighted by Gasteiger charge is 2.59. The number of carbonyl (C=O) groups excluding carboxylic acids is 1. The molecule has 1 unspecified atom stereocenters. The smallest absolute Gasteiger partial charge is 0.352 e. The van der Waals surface area contributed by atoms with Crippen molar-refractivity contribution in [3.05, 3.63) is 11.3 Å². The Morgan fingerprint density at radius 2 is 2.05 bits per heavy atom. The van der Waals surface area contributed by atoms with E-state index in [-0.39, 0.29) is 23.4 Å². The third-order valence-electron chi connectivity index (χ3n) is 3.92. The molecule has 104 valence electrons. The minimum Gasteiger partial charge on any atom is -0.477 e. The maximum atomic E-state index is 12.5. The predicted octanol–water partition coefficient (Wildman–Crippen LogP) is 0.485. The summed E-state index contributed by atoms with van der Waals surface area (Å²) >= 11 is 3.18. The lowest BCUT2D eigenvalue weighted by atomic mass is 10.0. The van der Waals surface area contributed by atoms with Gasteiger partial charge in [-0.15, -0.1) is 0 Å². The zero-order valence-electron chi connectivity index (χ0n) is 9.87. The van der Waals surface area contributed by atoms with Gasteiger partial charge in [0.05, 0.1) is 11.7 Å². The first-order chi connectivity index (χ1) is 8.89. The van der Waals surface area contributed by atoms with Crippen molar-refractivity contribution >= 4 is 37.6 Å². The number of fused-ring (bicyclic) bond motifs is 1. The highest BCUT2D eigenvalue weighted by Crippen LogP contribution is 2.48. The standard InChI is InChI=1S/C11H12BrNO5S/c12-4-6-9(11(15)16)13-7(14)3-8(13)19(17,18)10(6)5-1-2-5/h5,8,10H,1-4H2,(H,15,16)/t8-,10?/m1/s1. The summed E-state index contributed by atoms with van der Waals surface area (Å²) in [5, 5.41) is 7.74. The quantitative estimate of drug-likeness (QED) is 0.591. The number of nitrogens with zero attached hydrogens (tertiary/aromatic N) is 1. The first kappa shape index (κ1) is 13.1. The lowest BCUT2D eigenvalue weighted by Gasteiger charge is -2.46. The molecule has 1 saturated carbocycles. The third-order valence-corrected chi connectivity index (χ3v) is 7.04. The average molecular weight is 350 g/mol. The number of alkyl halides is 1. The van der Waals surface area contributed by atoms with E-state index < -0.39 is 32.3 Å². The number of carboxylic acid groups (broad SMARTS) is 1. The van der Waals surface area contributed by atoms with Crippen LogP contribution in [-0.2, 0) is 19.4 Å². The highest BCUT2D eigenvalue weighted by atomic mass is 79.9. The first-order valence-corrected chi connectivity index (χ1v) is 8.69. The molecule has 1 amide bonds. The summed E-state index contributed by atoms with van der Waals surface area (Å²) in [6.45, 7) is 0. The van der Waals surface area contributed by atoms with E-state index in [9.17, 15) is 23.1 Å². The van der Waals surface area contributed by atoms with E-state index >= 15 is 0 Å².